The zero-order chi connectivity index (χ0) is 46.3. The van der Waals surface area contributed by atoms with Gasteiger partial charge in [0.25, 0.3) is 5.91 Å². The third-order valence-corrected chi connectivity index (χ3v) is 12.1. The normalized spacial score (nSPS) is 18.7. The van der Waals surface area contributed by atoms with Crippen molar-refractivity contribution in [3.63, 3.8) is 0 Å². The molecular weight excluding hydrogens is 855 g/mol. The number of benzene rings is 5. The summed E-state index contributed by atoms with van der Waals surface area (Å²) in [5.41, 5.74) is 4.85. The smallest absolute Gasteiger partial charge is 0.326 e. The Morgan fingerprint density at radius 2 is 1.21 bits per heavy atom. The van der Waals surface area contributed by atoms with Crippen molar-refractivity contribution < 1.29 is 38.6 Å². The molecule has 2 aliphatic heterocycles. The average Bonchev–Trinajstić information content (AvgIpc) is 3.85. The van der Waals surface area contributed by atoms with E-state index in [0.717, 1.165) is 27.1 Å². The zero-order valence-electron chi connectivity index (χ0n) is 36.1. The zero-order valence-corrected chi connectivity index (χ0v) is 36.9. The second-order valence-electron chi connectivity index (χ2n) is 16.1. The topological polar surface area (TPSA) is 192 Å². The number of amides is 5. The van der Waals surface area contributed by atoms with Crippen LogP contribution >= 0.6 is 11.3 Å². The predicted molar refractivity (Wildman–Crippen MR) is 251 cm³/mol. The molecule has 13 nitrogen and oxygen atoms in total. The summed E-state index contributed by atoms with van der Waals surface area (Å²) in [5, 5.41) is 26.1. The van der Waals surface area contributed by atoms with Gasteiger partial charge in [0.1, 0.15) is 36.0 Å². The van der Waals surface area contributed by atoms with Gasteiger partial charge in [0.05, 0.1) is 0 Å². The third-order valence-electron chi connectivity index (χ3n) is 11.2. The second-order valence-corrected chi connectivity index (χ2v) is 17.1. The first kappa shape index (κ1) is 46.4. The molecule has 6 aromatic rings. The molecule has 0 spiro atoms. The lowest BCUT2D eigenvalue weighted by atomic mass is 9.99. The van der Waals surface area contributed by atoms with Crippen molar-refractivity contribution in [2.24, 2.45) is 0 Å². The third kappa shape index (κ3) is 13.5. The fourth-order valence-corrected chi connectivity index (χ4v) is 8.42. The first-order valence-electron chi connectivity index (χ1n) is 21.8. The van der Waals surface area contributed by atoms with E-state index in [9.17, 15) is 33.9 Å². The molecule has 0 saturated heterocycles. The Bertz CT molecular complexity index is 2560. The van der Waals surface area contributed by atoms with Gasteiger partial charge in [-0.05, 0) is 69.8 Å². The predicted octanol–water partition coefficient (Wildman–Crippen LogP) is 5.22. The van der Waals surface area contributed by atoms with Crippen LogP contribution in [0, 0.1) is 0 Å². The van der Waals surface area contributed by atoms with Crippen LogP contribution in [0.2, 0.25) is 0 Å². The molecule has 0 unspecified atom stereocenters. The number of thiophene rings is 1. The van der Waals surface area contributed by atoms with Gasteiger partial charge in [-0.2, -0.15) is 0 Å². The van der Waals surface area contributed by atoms with E-state index < -0.39 is 72.3 Å². The second kappa shape index (κ2) is 22.9. The number of rotatable bonds is 13. The molecule has 14 heteroatoms. The summed E-state index contributed by atoms with van der Waals surface area (Å²) in [6.45, 7) is -0.423. The molecule has 0 radical (unpaired) electrons. The van der Waals surface area contributed by atoms with Crippen molar-refractivity contribution in [1.82, 2.24) is 26.6 Å². The molecule has 8 rings (SSSR count). The Balaban J connectivity index is 1.22. The maximum Gasteiger partial charge on any atom is 0.326 e. The summed E-state index contributed by atoms with van der Waals surface area (Å²) in [6, 6.07) is 39.8. The van der Waals surface area contributed by atoms with E-state index in [1.807, 2.05) is 102 Å². The van der Waals surface area contributed by atoms with Crippen LogP contribution in [0.1, 0.15) is 33.6 Å². The maximum atomic E-state index is 14.7. The monoisotopic (exact) mass is 905 g/mol. The number of fused-ring (bicyclic) bond motifs is 16. The molecule has 0 fully saturated rings. The lowest BCUT2D eigenvalue weighted by Gasteiger charge is -2.27. The lowest BCUT2D eigenvalue weighted by molar-refractivity contribution is -0.142. The van der Waals surface area contributed by atoms with Gasteiger partial charge in [0, 0.05) is 30.6 Å². The highest BCUT2D eigenvalue weighted by molar-refractivity contribution is 7.09. The number of aliphatic carboxylic acids is 1. The first-order chi connectivity index (χ1) is 32.1. The van der Waals surface area contributed by atoms with Crippen molar-refractivity contribution in [1.29, 1.82) is 0 Å². The average molecular weight is 906 g/mol. The summed E-state index contributed by atoms with van der Waals surface area (Å²) in [7, 11) is 0. The largest absolute Gasteiger partial charge is 0.484 e. The molecule has 2 bridgehead atoms. The Kier molecular flexibility index (Phi) is 16.1. The van der Waals surface area contributed by atoms with Gasteiger partial charge < -0.3 is 36.4 Å². The number of aryl methyl sites for hydroxylation is 1. The maximum absolute atomic E-state index is 14.7. The molecular formula is C52H51N5O8S. The van der Waals surface area contributed by atoms with Gasteiger partial charge in [-0.25, -0.2) is 4.79 Å². The highest BCUT2D eigenvalue weighted by Crippen LogP contribution is 2.21. The van der Waals surface area contributed by atoms with Crippen LogP contribution in [-0.4, -0.2) is 77.4 Å². The van der Waals surface area contributed by atoms with E-state index in [4.69, 9.17) is 4.74 Å². The highest BCUT2D eigenvalue weighted by atomic mass is 32.1. The fraction of sp³-hybridized carbons (Fsp3) is 0.231. The standard InChI is InChI=1S/C52H51N5O8S/c58-47-33-65-40-25-20-37(21-26-40)30-44(50(61)57-46(52(63)64)31-35-13-6-2-7-14-35)55-48(59)42(27-22-34-11-4-1-5-12-34)54-49(60)43(56-51(62)45(53-47)32-41-17-10-28-66-41)29-36-18-23-39(24-19-36)38-15-8-3-9-16-38/h1-21,23-26,28,42-46H,22,27,29-33H2,(H,53,58)(H,54,60)(H,55,59)(H,56,62)(H,57,61)(H,63,64)/t42-,43+,44-,45-,46+/m1/s1. The van der Waals surface area contributed by atoms with E-state index in [1.165, 1.54) is 11.3 Å². The van der Waals surface area contributed by atoms with Crippen molar-refractivity contribution >= 4 is 46.8 Å². The minimum atomic E-state index is -1.32. The van der Waals surface area contributed by atoms with Crippen LogP contribution < -0.4 is 31.3 Å². The summed E-state index contributed by atoms with van der Waals surface area (Å²) in [5.74, 6) is -4.22. The Morgan fingerprint density at radius 3 is 1.85 bits per heavy atom. The minimum Gasteiger partial charge on any atom is -0.484 e. The molecule has 5 amide bonds. The van der Waals surface area contributed by atoms with Gasteiger partial charge in [-0.15, -0.1) is 11.3 Å². The van der Waals surface area contributed by atoms with Gasteiger partial charge in [0.15, 0.2) is 6.61 Å². The molecule has 3 heterocycles. The van der Waals surface area contributed by atoms with Crippen LogP contribution in [0.5, 0.6) is 5.75 Å². The SMILES string of the molecule is O=C1COc2ccc(cc2)C[C@H](C(=O)N[C@@H](Cc2ccccc2)C(=O)O)NC(=O)[C@@H](CCc2ccccc2)NC(=O)[C@H](Cc2ccc(-c3ccccc3)cc2)NC(=O)[C@@H](Cc2cccs2)N1. The lowest BCUT2D eigenvalue weighted by Crippen LogP contribution is -2.60. The van der Waals surface area contributed by atoms with E-state index >= 15 is 0 Å². The quantitative estimate of drug-likeness (QED) is 0.0851. The highest BCUT2D eigenvalue weighted by Gasteiger charge is 2.33. The molecule has 6 N–H and O–H groups in total. The van der Waals surface area contributed by atoms with Crippen molar-refractivity contribution in [3.8, 4) is 16.9 Å². The number of carboxylic acids is 1. The molecule has 1 aromatic heterocycles. The van der Waals surface area contributed by atoms with Gasteiger partial charge in [0.2, 0.25) is 23.6 Å². The van der Waals surface area contributed by atoms with Crippen LogP contribution in [-0.2, 0) is 60.9 Å². The summed E-state index contributed by atoms with van der Waals surface area (Å²) in [6.07, 6.45) is 0.578. The van der Waals surface area contributed by atoms with Crippen LogP contribution in [0.25, 0.3) is 11.1 Å². The number of nitrogens with one attached hydrogen (secondary N) is 5. The first-order valence-corrected chi connectivity index (χ1v) is 22.6. The van der Waals surface area contributed by atoms with Crippen LogP contribution in [0.4, 0.5) is 0 Å². The Labute approximate surface area is 387 Å². The molecule has 0 saturated carbocycles. The molecule has 0 aliphatic carbocycles. The molecule has 66 heavy (non-hydrogen) atoms. The summed E-state index contributed by atoms with van der Waals surface area (Å²) >= 11 is 1.42. The molecule has 338 valence electrons. The van der Waals surface area contributed by atoms with E-state index in [0.29, 0.717) is 23.3 Å². The van der Waals surface area contributed by atoms with Gasteiger partial charge in [-0.3, -0.25) is 24.0 Å². The van der Waals surface area contributed by atoms with E-state index in [1.54, 1.807) is 54.6 Å². The number of hydrogen-bond acceptors (Lipinski definition) is 8. The molecule has 5 aromatic carbocycles. The van der Waals surface area contributed by atoms with Gasteiger partial charge >= 0.3 is 5.97 Å². The minimum absolute atomic E-state index is 0.00573. The van der Waals surface area contributed by atoms with Crippen LogP contribution in [0.3, 0.4) is 0 Å². The van der Waals surface area contributed by atoms with Gasteiger partial charge in [-0.1, -0.05) is 133 Å². The number of carbonyl (C=O) groups is 6. The number of carbonyl (C=O) groups excluding carboxylic acids is 5. The van der Waals surface area contributed by atoms with E-state index in [2.05, 4.69) is 26.6 Å². The molecule has 2 aliphatic rings. The fourth-order valence-electron chi connectivity index (χ4n) is 7.66. The number of hydrogen-bond donors (Lipinski definition) is 6. The number of ether oxygens (including phenoxy) is 1. The van der Waals surface area contributed by atoms with Crippen LogP contribution in [0.15, 0.2) is 157 Å². The molecule has 5 atom stereocenters. The Hall–Kier alpha value is -7.58. The van der Waals surface area contributed by atoms with Crippen molar-refractivity contribution in [3.05, 3.63) is 184 Å². The Morgan fingerprint density at radius 1 is 0.621 bits per heavy atom. The van der Waals surface area contributed by atoms with E-state index in [-0.39, 0.29) is 32.1 Å². The summed E-state index contributed by atoms with van der Waals surface area (Å²) < 4.78 is 5.80. The number of carboxylic acid groups (broad SMARTS) is 1. The van der Waals surface area contributed by atoms with Crippen molar-refractivity contribution in [2.75, 3.05) is 6.61 Å². The summed E-state index contributed by atoms with van der Waals surface area (Å²) in [4.78, 5) is 84.5. The van der Waals surface area contributed by atoms with Crippen molar-refractivity contribution in [2.45, 2.75) is 68.7 Å².